The Bertz CT molecular complexity index is 956. The number of imidazole rings is 1. The van der Waals surface area contributed by atoms with E-state index in [1.807, 2.05) is 35.2 Å². The number of nitrogen functional groups attached to an aromatic ring is 1. The molecule has 1 aromatic carbocycles. The van der Waals surface area contributed by atoms with Crippen molar-refractivity contribution in [3.8, 4) is 0 Å². The Hall–Kier alpha value is -3.00. The normalized spacial score (nSPS) is 25.7. The van der Waals surface area contributed by atoms with Gasteiger partial charge in [0.15, 0.2) is 17.7 Å². The number of carbonyl (C=O) groups is 1. The summed E-state index contributed by atoms with van der Waals surface area (Å²) >= 11 is 0. The van der Waals surface area contributed by atoms with E-state index in [1.165, 1.54) is 6.33 Å². The largest absolute Gasteiger partial charge is 0.382 e. The molecule has 0 unspecified atom stereocenters. The monoisotopic (exact) mass is 336 g/mol. The molecule has 4 heterocycles. The van der Waals surface area contributed by atoms with Gasteiger partial charge < -0.3 is 19.9 Å². The highest BCUT2D eigenvalue weighted by molar-refractivity contribution is 5.87. The summed E-state index contributed by atoms with van der Waals surface area (Å²) in [6, 6.07) is 9.52. The van der Waals surface area contributed by atoms with Gasteiger partial charge in [-0.3, -0.25) is 4.79 Å². The van der Waals surface area contributed by atoms with Crippen molar-refractivity contribution in [3.63, 3.8) is 0 Å². The van der Waals surface area contributed by atoms with Crippen molar-refractivity contribution in [2.45, 2.75) is 24.7 Å². The molecule has 8 heteroatoms. The van der Waals surface area contributed by atoms with Gasteiger partial charge >= 0.3 is 0 Å². The first-order valence-electron chi connectivity index (χ1n) is 8.16. The van der Waals surface area contributed by atoms with Gasteiger partial charge in [0.1, 0.15) is 17.9 Å². The number of nitrogens with zero attached hydrogens (tertiary/aromatic N) is 5. The van der Waals surface area contributed by atoms with Crippen LogP contribution in [0.5, 0.6) is 0 Å². The standard InChI is InChI=1S/C17H16N6O2/c18-14-13-15(20-8-19-14)22(9-21-13)12-6-11-7-25-17(23(11)16(12)24)10-4-2-1-3-5-10/h1-5,8-9,11-12,17H,6-7H2,(H2,18,19,20)/t11-,12-,17+/m0/s1. The Morgan fingerprint density at radius 1 is 1.16 bits per heavy atom. The lowest BCUT2D eigenvalue weighted by molar-refractivity contribution is -0.136. The summed E-state index contributed by atoms with van der Waals surface area (Å²) in [4.78, 5) is 27.5. The molecule has 1 amide bonds. The SMILES string of the molecule is Nc1ncnc2c1ncn2[C@H]1C[C@H]2CO[C@H](c3ccccc3)N2C1=O. The van der Waals surface area contributed by atoms with Gasteiger partial charge in [-0.25, -0.2) is 15.0 Å². The fraction of sp³-hybridized carbons (Fsp3) is 0.294. The van der Waals surface area contributed by atoms with Gasteiger partial charge in [0, 0.05) is 5.56 Å². The van der Waals surface area contributed by atoms with E-state index in [2.05, 4.69) is 15.0 Å². The van der Waals surface area contributed by atoms with Crippen LogP contribution in [0.2, 0.25) is 0 Å². The first kappa shape index (κ1) is 14.4. The number of carbonyl (C=O) groups excluding carboxylic acids is 1. The van der Waals surface area contributed by atoms with E-state index in [1.54, 1.807) is 10.9 Å². The van der Waals surface area contributed by atoms with E-state index in [-0.39, 0.29) is 24.2 Å². The van der Waals surface area contributed by atoms with E-state index < -0.39 is 0 Å². The van der Waals surface area contributed by atoms with Gasteiger partial charge in [0.05, 0.1) is 19.0 Å². The number of amides is 1. The number of fused-ring (bicyclic) bond motifs is 2. The maximum absolute atomic E-state index is 13.1. The van der Waals surface area contributed by atoms with Crippen molar-refractivity contribution in [2.75, 3.05) is 12.3 Å². The molecule has 2 fully saturated rings. The van der Waals surface area contributed by atoms with Crippen LogP contribution in [-0.4, -0.2) is 43.0 Å². The number of benzene rings is 1. The summed E-state index contributed by atoms with van der Waals surface area (Å²) in [5, 5.41) is 0. The van der Waals surface area contributed by atoms with Crippen LogP contribution in [0.3, 0.4) is 0 Å². The van der Waals surface area contributed by atoms with Gasteiger partial charge in [0.2, 0.25) is 5.91 Å². The minimum atomic E-state index is -0.348. The summed E-state index contributed by atoms with van der Waals surface area (Å²) in [5.74, 6) is 0.341. The smallest absolute Gasteiger partial charge is 0.248 e. The molecule has 0 radical (unpaired) electrons. The zero-order chi connectivity index (χ0) is 17.0. The highest BCUT2D eigenvalue weighted by Gasteiger charge is 2.49. The Balaban J connectivity index is 1.52. The summed E-state index contributed by atoms with van der Waals surface area (Å²) in [5.41, 5.74) is 7.95. The highest BCUT2D eigenvalue weighted by Crippen LogP contribution is 2.42. The molecular weight excluding hydrogens is 320 g/mol. The highest BCUT2D eigenvalue weighted by atomic mass is 16.5. The number of ether oxygens (including phenoxy) is 1. The average Bonchev–Trinajstić information content (AvgIpc) is 3.31. The second-order valence-corrected chi connectivity index (χ2v) is 6.33. The lowest BCUT2D eigenvalue weighted by Crippen LogP contribution is -2.32. The molecule has 3 aromatic rings. The van der Waals surface area contributed by atoms with Crippen LogP contribution in [0.25, 0.3) is 11.2 Å². The Morgan fingerprint density at radius 2 is 2.00 bits per heavy atom. The lowest BCUT2D eigenvalue weighted by Gasteiger charge is -2.23. The predicted molar refractivity (Wildman–Crippen MR) is 89.2 cm³/mol. The third-order valence-electron chi connectivity index (χ3n) is 4.93. The summed E-state index contributed by atoms with van der Waals surface area (Å²) in [6.45, 7) is 0.533. The molecule has 2 aliphatic heterocycles. The molecule has 0 spiro atoms. The van der Waals surface area contributed by atoms with Gasteiger partial charge in [-0.15, -0.1) is 0 Å². The number of anilines is 1. The van der Waals surface area contributed by atoms with Crippen molar-refractivity contribution in [1.82, 2.24) is 24.4 Å². The molecular formula is C17H16N6O2. The Kier molecular flexibility index (Phi) is 3.01. The van der Waals surface area contributed by atoms with Gasteiger partial charge in [-0.05, 0) is 6.42 Å². The molecule has 3 atom stereocenters. The van der Waals surface area contributed by atoms with Gasteiger partial charge in [-0.1, -0.05) is 30.3 Å². The van der Waals surface area contributed by atoms with Crippen molar-refractivity contribution >= 4 is 22.9 Å². The van der Waals surface area contributed by atoms with Crippen LogP contribution >= 0.6 is 0 Å². The number of rotatable bonds is 2. The van der Waals surface area contributed by atoms with E-state index in [0.29, 0.717) is 30.0 Å². The van der Waals surface area contributed by atoms with Gasteiger partial charge in [0.25, 0.3) is 0 Å². The topological polar surface area (TPSA) is 99.2 Å². The molecule has 126 valence electrons. The third-order valence-corrected chi connectivity index (χ3v) is 4.93. The number of hydrogen-bond donors (Lipinski definition) is 1. The quantitative estimate of drug-likeness (QED) is 0.757. The first-order chi connectivity index (χ1) is 12.2. The summed E-state index contributed by atoms with van der Waals surface area (Å²) in [7, 11) is 0. The molecule has 5 rings (SSSR count). The van der Waals surface area contributed by atoms with E-state index in [9.17, 15) is 4.79 Å². The first-order valence-corrected chi connectivity index (χ1v) is 8.16. The second-order valence-electron chi connectivity index (χ2n) is 6.33. The lowest BCUT2D eigenvalue weighted by atomic mass is 10.2. The zero-order valence-electron chi connectivity index (χ0n) is 13.3. The Morgan fingerprint density at radius 3 is 2.84 bits per heavy atom. The predicted octanol–water partition coefficient (Wildman–Crippen LogP) is 1.28. The number of nitrogens with two attached hydrogens (primary N) is 1. The van der Waals surface area contributed by atoms with Crippen LogP contribution in [0.1, 0.15) is 24.3 Å². The van der Waals surface area contributed by atoms with E-state index in [4.69, 9.17) is 10.5 Å². The average molecular weight is 336 g/mol. The van der Waals surface area contributed by atoms with Crippen LogP contribution in [0.4, 0.5) is 5.82 Å². The molecule has 0 aliphatic carbocycles. The minimum Gasteiger partial charge on any atom is -0.382 e. The second kappa shape index (κ2) is 5.25. The van der Waals surface area contributed by atoms with Crippen molar-refractivity contribution in [2.24, 2.45) is 0 Å². The number of aromatic nitrogens is 4. The minimum absolute atomic E-state index is 0.0211. The summed E-state index contributed by atoms with van der Waals surface area (Å²) in [6.07, 6.45) is 3.35. The van der Waals surface area contributed by atoms with Crippen molar-refractivity contribution < 1.29 is 9.53 Å². The van der Waals surface area contributed by atoms with Crippen LogP contribution < -0.4 is 5.73 Å². The van der Waals surface area contributed by atoms with Crippen LogP contribution in [0, 0.1) is 0 Å². The third kappa shape index (κ3) is 2.04. The van der Waals surface area contributed by atoms with E-state index >= 15 is 0 Å². The number of hydrogen-bond acceptors (Lipinski definition) is 6. The molecule has 0 saturated carbocycles. The fourth-order valence-corrected chi connectivity index (χ4v) is 3.77. The zero-order valence-corrected chi connectivity index (χ0v) is 13.3. The fourth-order valence-electron chi connectivity index (χ4n) is 3.77. The van der Waals surface area contributed by atoms with E-state index in [0.717, 1.165) is 5.56 Å². The van der Waals surface area contributed by atoms with Gasteiger partial charge in [-0.2, -0.15) is 0 Å². The molecule has 2 N–H and O–H groups in total. The Labute approximate surface area is 143 Å². The van der Waals surface area contributed by atoms with Crippen LogP contribution in [0.15, 0.2) is 43.0 Å². The molecule has 2 aromatic heterocycles. The van der Waals surface area contributed by atoms with Crippen molar-refractivity contribution in [3.05, 3.63) is 48.5 Å². The van der Waals surface area contributed by atoms with Crippen molar-refractivity contribution in [1.29, 1.82) is 0 Å². The maximum Gasteiger partial charge on any atom is 0.248 e. The molecule has 2 aliphatic rings. The molecule has 0 bridgehead atoms. The molecule has 25 heavy (non-hydrogen) atoms. The molecule has 8 nitrogen and oxygen atoms in total. The molecule has 2 saturated heterocycles. The van der Waals surface area contributed by atoms with Crippen LogP contribution in [-0.2, 0) is 9.53 Å². The maximum atomic E-state index is 13.1. The summed E-state index contributed by atoms with van der Waals surface area (Å²) < 4.78 is 7.68.